The van der Waals surface area contributed by atoms with Crippen molar-refractivity contribution in [2.24, 2.45) is 0 Å². The maximum Gasteiger partial charge on any atom is 0.242 e. The van der Waals surface area contributed by atoms with Crippen LogP contribution in [0.3, 0.4) is 0 Å². The highest BCUT2D eigenvalue weighted by molar-refractivity contribution is 6.70. The summed E-state index contributed by atoms with van der Waals surface area (Å²) in [6.07, 6.45) is 2.54. The van der Waals surface area contributed by atoms with E-state index in [4.69, 9.17) is 4.43 Å². The molecule has 2 nitrogen and oxygen atoms in total. The van der Waals surface area contributed by atoms with E-state index in [9.17, 15) is 4.79 Å². The first-order chi connectivity index (χ1) is 6.96. The van der Waals surface area contributed by atoms with Crippen LogP contribution in [0.5, 0.6) is 5.75 Å². The molecule has 1 aromatic rings. The summed E-state index contributed by atoms with van der Waals surface area (Å²) in [4.78, 5) is 10.9. The average molecular weight is 220 g/mol. The molecule has 80 valence electrons. The van der Waals surface area contributed by atoms with Crippen LogP contribution in [0, 0.1) is 0 Å². The molecule has 0 aliphatic heterocycles. The fraction of sp³-hybridized carbons (Fsp3) is 0.250. The Bertz CT molecular complexity index is 378. The Morgan fingerprint density at radius 3 is 2.47 bits per heavy atom. The van der Waals surface area contributed by atoms with Gasteiger partial charge in [0.2, 0.25) is 8.32 Å². The lowest BCUT2D eigenvalue weighted by Gasteiger charge is -2.20. The monoisotopic (exact) mass is 220 g/mol. The first-order valence-electron chi connectivity index (χ1n) is 4.87. The first kappa shape index (κ1) is 11.7. The van der Waals surface area contributed by atoms with Gasteiger partial charge in [-0.25, -0.2) is 0 Å². The van der Waals surface area contributed by atoms with E-state index in [1.54, 1.807) is 12.1 Å². The predicted molar refractivity (Wildman–Crippen MR) is 65.9 cm³/mol. The smallest absolute Gasteiger partial charge is 0.242 e. The van der Waals surface area contributed by atoms with Gasteiger partial charge in [0.05, 0.1) is 5.56 Å². The molecule has 0 saturated carbocycles. The van der Waals surface area contributed by atoms with Crippen molar-refractivity contribution in [3.05, 3.63) is 35.9 Å². The number of benzene rings is 1. The Balaban J connectivity index is 3.08. The largest absolute Gasteiger partial charge is 0.544 e. The second-order valence-corrected chi connectivity index (χ2v) is 8.76. The van der Waals surface area contributed by atoms with E-state index in [0.29, 0.717) is 11.3 Å². The fourth-order valence-corrected chi connectivity index (χ4v) is 2.05. The summed E-state index contributed by atoms with van der Waals surface area (Å²) < 4.78 is 5.80. The molecule has 0 N–H and O–H groups in total. The molecule has 0 amide bonds. The minimum absolute atomic E-state index is 0.592. The molecule has 0 spiro atoms. The molecular weight excluding hydrogens is 204 g/mol. The van der Waals surface area contributed by atoms with E-state index < -0.39 is 8.32 Å². The van der Waals surface area contributed by atoms with Crippen LogP contribution >= 0.6 is 0 Å². The third-order valence-electron chi connectivity index (χ3n) is 1.81. The van der Waals surface area contributed by atoms with Gasteiger partial charge in [0.25, 0.3) is 0 Å². The van der Waals surface area contributed by atoms with Crippen LogP contribution in [0.2, 0.25) is 19.6 Å². The highest BCUT2D eigenvalue weighted by Crippen LogP contribution is 2.22. The Morgan fingerprint density at radius 1 is 1.33 bits per heavy atom. The van der Waals surface area contributed by atoms with Crippen molar-refractivity contribution in [3.8, 4) is 5.75 Å². The van der Waals surface area contributed by atoms with Gasteiger partial charge in [-0.2, -0.15) is 0 Å². The zero-order valence-electron chi connectivity index (χ0n) is 9.41. The molecule has 0 atom stereocenters. The molecule has 1 rings (SSSR count). The van der Waals surface area contributed by atoms with Crippen molar-refractivity contribution < 1.29 is 9.22 Å². The third-order valence-corrected chi connectivity index (χ3v) is 2.64. The molecule has 0 radical (unpaired) electrons. The van der Waals surface area contributed by atoms with Crippen LogP contribution in [-0.4, -0.2) is 14.6 Å². The Morgan fingerprint density at radius 2 is 2.00 bits per heavy atom. The van der Waals surface area contributed by atoms with Crippen molar-refractivity contribution in [1.29, 1.82) is 0 Å². The van der Waals surface area contributed by atoms with Gasteiger partial charge in [-0.05, 0) is 37.3 Å². The zero-order chi connectivity index (χ0) is 11.5. The van der Waals surface area contributed by atoms with Crippen molar-refractivity contribution >= 4 is 20.7 Å². The molecule has 0 heterocycles. The lowest BCUT2D eigenvalue weighted by molar-refractivity contribution is 0.112. The van der Waals surface area contributed by atoms with Crippen molar-refractivity contribution in [2.75, 3.05) is 0 Å². The molecule has 0 aromatic heterocycles. The van der Waals surface area contributed by atoms with Gasteiger partial charge >= 0.3 is 0 Å². The lowest BCUT2D eigenvalue weighted by atomic mass is 10.1. The molecule has 0 aliphatic rings. The third kappa shape index (κ3) is 3.36. The van der Waals surface area contributed by atoms with E-state index >= 15 is 0 Å². The molecule has 0 unspecified atom stereocenters. The van der Waals surface area contributed by atoms with Gasteiger partial charge in [0.1, 0.15) is 5.75 Å². The molecule has 0 fully saturated rings. The second kappa shape index (κ2) is 4.44. The summed E-state index contributed by atoms with van der Waals surface area (Å²) in [6, 6.07) is 5.52. The maximum absolute atomic E-state index is 10.9. The molecule has 0 aliphatic carbocycles. The topological polar surface area (TPSA) is 26.3 Å². The highest BCUT2D eigenvalue weighted by atomic mass is 28.4. The van der Waals surface area contributed by atoms with Gasteiger partial charge in [-0.1, -0.05) is 18.7 Å². The Hall–Kier alpha value is -1.35. The Labute approximate surface area is 91.7 Å². The number of carbonyl (C=O) groups is 1. The molecule has 0 saturated heterocycles. The quantitative estimate of drug-likeness (QED) is 0.574. The number of hydrogen-bond acceptors (Lipinski definition) is 2. The predicted octanol–water partition coefficient (Wildman–Crippen LogP) is 3.36. The van der Waals surface area contributed by atoms with Gasteiger partial charge in [0.15, 0.2) is 6.29 Å². The van der Waals surface area contributed by atoms with Gasteiger partial charge < -0.3 is 4.43 Å². The number of aldehydes is 1. The van der Waals surface area contributed by atoms with E-state index in [2.05, 4.69) is 26.2 Å². The van der Waals surface area contributed by atoms with E-state index in [-0.39, 0.29) is 0 Å². The second-order valence-electron chi connectivity index (χ2n) is 4.33. The number of rotatable bonds is 4. The van der Waals surface area contributed by atoms with Crippen LogP contribution < -0.4 is 4.43 Å². The minimum Gasteiger partial charge on any atom is -0.544 e. The Kier molecular flexibility index (Phi) is 3.47. The van der Waals surface area contributed by atoms with Crippen LogP contribution in [-0.2, 0) is 0 Å². The summed E-state index contributed by atoms with van der Waals surface area (Å²) in [7, 11) is -1.66. The average Bonchev–Trinajstić information content (AvgIpc) is 2.16. The lowest BCUT2D eigenvalue weighted by Crippen LogP contribution is -2.29. The van der Waals surface area contributed by atoms with Crippen LogP contribution in [0.1, 0.15) is 15.9 Å². The van der Waals surface area contributed by atoms with Crippen molar-refractivity contribution in [1.82, 2.24) is 0 Å². The maximum atomic E-state index is 10.9. The minimum atomic E-state index is -1.66. The van der Waals surface area contributed by atoms with E-state index in [1.165, 1.54) is 0 Å². The fourth-order valence-electron chi connectivity index (χ4n) is 1.21. The molecule has 1 aromatic carbocycles. The normalized spacial score (nSPS) is 10.9. The summed E-state index contributed by atoms with van der Waals surface area (Å²) in [5, 5.41) is 0. The molecule has 3 heteroatoms. The van der Waals surface area contributed by atoms with E-state index in [0.717, 1.165) is 11.8 Å². The standard InChI is InChI=1S/C12H16O2Si/c1-5-10-6-7-12(11(8-10)9-13)14-15(2,3)4/h5-9H,1H2,2-4H3. The van der Waals surface area contributed by atoms with Gasteiger partial charge in [-0.15, -0.1) is 0 Å². The van der Waals surface area contributed by atoms with Gasteiger partial charge in [0, 0.05) is 0 Å². The summed E-state index contributed by atoms with van der Waals surface area (Å²) >= 11 is 0. The van der Waals surface area contributed by atoms with E-state index in [1.807, 2.05) is 12.1 Å². The highest BCUT2D eigenvalue weighted by Gasteiger charge is 2.17. The van der Waals surface area contributed by atoms with Crippen molar-refractivity contribution in [3.63, 3.8) is 0 Å². The van der Waals surface area contributed by atoms with Gasteiger partial charge in [-0.3, -0.25) is 4.79 Å². The first-order valence-corrected chi connectivity index (χ1v) is 8.28. The van der Waals surface area contributed by atoms with Crippen LogP contribution in [0.25, 0.3) is 6.08 Å². The molecule has 15 heavy (non-hydrogen) atoms. The van der Waals surface area contributed by atoms with Crippen LogP contribution in [0.15, 0.2) is 24.8 Å². The number of hydrogen-bond donors (Lipinski definition) is 0. The molecule has 0 bridgehead atoms. The SMILES string of the molecule is C=Cc1ccc(O[Si](C)(C)C)c(C=O)c1. The molecular formula is C12H16O2Si. The summed E-state index contributed by atoms with van der Waals surface area (Å²) in [5.41, 5.74) is 1.52. The number of carbonyl (C=O) groups excluding carboxylic acids is 1. The zero-order valence-corrected chi connectivity index (χ0v) is 10.4. The van der Waals surface area contributed by atoms with Crippen LogP contribution in [0.4, 0.5) is 0 Å². The summed E-state index contributed by atoms with van der Waals surface area (Å²) in [6.45, 7) is 9.92. The summed E-state index contributed by atoms with van der Waals surface area (Å²) in [5.74, 6) is 0.676. The van der Waals surface area contributed by atoms with Crippen molar-refractivity contribution in [2.45, 2.75) is 19.6 Å².